The lowest BCUT2D eigenvalue weighted by atomic mass is 9.85. The second-order valence-corrected chi connectivity index (χ2v) is 7.98. The van der Waals surface area contributed by atoms with Crippen LogP contribution in [-0.4, -0.2) is 77.0 Å². The maximum Gasteiger partial charge on any atom is 0.328 e. The molecule has 2 N–H and O–H groups in total. The Balaban J connectivity index is 1.66. The zero-order chi connectivity index (χ0) is 21.3. The second kappa shape index (κ2) is 8.06. The summed E-state index contributed by atoms with van der Waals surface area (Å²) in [6.07, 6.45) is 2.86. The molecule has 9 nitrogen and oxygen atoms in total. The Morgan fingerprint density at radius 2 is 1.80 bits per heavy atom. The fourth-order valence-corrected chi connectivity index (χ4v) is 4.89. The zero-order valence-electron chi connectivity index (χ0n) is 16.8. The molecule has 3 heterocycles. The summed E-state index contributed by atoms with van der Waals surface area (Å²) in [5.41, 5.74) is -0.113. The molecule has 3 aliphatic rings. The van der Waals surface area contributed by atoms with E-state index in [4.69, 9.17) is 0 Å². The first-order valence-electron chi connectivity index (χ1n) is 10.4. The summed E-state index contributed by atoms with van der Waals surface area (Å²) in [6.45, 7) is 1.41. The van der Waals surface area contributed by atoms with E-state index >= 15 is 0 Å². The number of imide groups is 1. The third kappa shape index (κ3) is 3.32. The topological polar surface area (TPSA) is 110 Å². The van der Waals surface area contributed by atoms with Crippen molar-refractivity contribution in [3.05, 3.63) is 29.8 Å². The van der Waals surface area contributed by atoms with Crippen molar-refractivity contribution in [2.45, 2.75) is 37.6 Å². The second-order valence-electron chi connectivity index (χ2n) is 7.98. The van der Waals surface area contributed by atoms with Gasteiger partial charge in [-0.1, -0.05) is 12.1 Å². The molecule has 1 aromatic carbocycles. The van der Waals surface area contributed by atoms with Crippen LogP contribution in [0.3, 0.4) is 0 Å². The smallest absolute Gasteiger partial charge is 0.328 e. The number of urea groups is 1. The van der Waals surface area contributed by atoms with E-state index in [1.165, 1.54) is 4.90 Å². The van der Waals surface area contributed by atoms with Gasteiger partial charge in [-0.3, -0.25) is 24.6 Å². The first kappa shape index (κ1) is 20.3. The summed E-state index contributed by atoms with van der Waals surface area (Å²) in [5.74, 6) is -0.727. The van der Waals surface area contributed by atoms with Crippen molar-refractivity contribution >= 4 is 29.4 Å². The molecular weight excluding hydrogens is 388 g/mol. The highest BCUT2D eigenvalue weighted by Gasteiger charge is 2.53. The predicted molar refractivity (Wildman–Crippen MR) is 108 cm³/mol. The van der Waals surface area contributed by atoms with Gasteiger partial charge in [0.05, 0.1) is 17.9 Å². The van der Waals surface area contributed by atoms with Crippen LogP contribution < -0.4 is 10.2 Å². The van der Waals surface area contributed by atoms with Gasteiger partial charge in [-0.25, -0.2) is 4.79 Å². The highest BCUT2D eigenvalue weighted by Crippen LogP contribution is 2.40. The van der Waals surface area contributed by atoms with E-state index in [2.05, 4.69) is 5.32 Å². The van der Waals surface area contributed by atoms with Crippen molar-refractivity contribution in [3.8, 4) is 0 Å². The number of carbonyl (C=O) groups is 4. The van der Waals surface area contributed by atoms with E-state index in [9.17, 15) is 24.3 Å². The van der Waals surface area contributed by atoms with Crippen LogP contribution in [0.1, 0.15) is 42.5 Å². The minimum absolute atomic E-state index is 0.104. The van der Waals surface area contributed by atoms with Crippen LogP contribution in [-0.2, 0) is 9.59 Å². The Bertz CT molecular complexity index is 886. The number of β-amino-alcohol motifs (C(OH)–C–C–N with tert-alkyl or cyclic N) is 1. The van der Waals surface area contributed by atoms with E-state index in [-0.39, 0.29) is 43.8 Å². The molecule has 9 heteroatoms. The normalized spacial score (nSPS) is 24.6. The number of rotatable bonds is 4. The Morgan fingerprint density at radius 3 is 2.53 bits per heavy atom. The van der Waals surface area contributed by atoms with Gasteiger partial charge in [0.25, 0.3) is 5.91 Å². The van der Waals surface area contributed by atoms with Gasteiger partial charge in [0, 0.05) is 32.6 Å². The number of carbonyl (C=O) groups excluding carboxylic acids is 4. The number of nitrogens with one attached hydrogen (secondary N) is 1. The Kier molecular flexibility index (Phi) is 5.46. The van der Waals surface area contributed by atoms with E-state index in [1.54, 1.807) is 34.1 Å². The van der Waals surface area contributed by atoms with Crippen molar-refractivity contribution in [2.75, 3.05) is 37.7 Å². The quantitative estimate of drug-likeness (QED) is 0.755. The molecule has 30 heavy (non-hydrogen) atoms. The highest BCUT2D eigenvalue weighted by atomic mass is 16.3. The maximum absolute atomic E-state index is 13.6. The van der Waals surface area contributed by atoms with Gasteiger partial charge >= 0.3 is 6.03 Å². The lowest BCUT2D eigenvalue weighted by Crippen LogP contribution is -2.61. The minimum atomic E-state index is -0.891. The number of hydrogen-bond donors (Lipinski definition) is 2. The number of hydrogen-bond acceptors (Lipinski definition) is 5. The van der Waals surface area contributed by atoms with Gasteiger partial charge in [0.1, 0.15) is 5.54 Å². The summed E-state index contributed by atoms with van der Waals surface area (Å²) >= 11 is 0. The Hall–Kier alpha value is -2.94. The van der Waals surface area contributed by atoms with Crippen LogP contribution in [0.4, 0.5) is 10.5 Å². The molecule has 4 rings (SSSR count). The maximum atomic E-state index is 13.6. The summed E-state index contributed by atoms with van der Waals surface area (Å²) < 4.78 is 0. The first-order chi connectivity index (χ1) is 14.5. The SMILES string of the molecule is O=C1CCN(c2ccccc2C(=O)N2CCCC23CCCN(CCO)C3=O)C(=O)N1. The highest BCUT2D eigenvalue weighted by molar-refractivity contribution is 6.10. The zero-order valence-corrected chi connectivity index (χ0v) is 16.8. The minimum Gasteiger partial charge on any atom is -0.395 e. The van der Waals surface area contributed by atoms with Crippen molar-refractivity contribution in [1.29, 1.82) is 0 Å². The molecule has 1 unspecified atom stereocenters. The van der Waals surface area contributed by atoms with Crippen LogP contribution in [0.25, 0.3) is 0 Å². The van der Waals surface area contributed by atoms with Crippen molar-refractivity contribution in [1.82, 2.24) is 15.1 Å². The van der Waals surface area contributed by atoms with Crippen molar-refractivity contribution in [2.24, 2.45) is 0 Å². The number of likely N-dealkylation sites (tertiary alicyclic amines) is 2. The lowest BCUT2D eigenvalue weighted by Gasteiger charge is -2.44. The average Bonchev–Trinajstić information content (AvgIpc) is 3.16. The third-order valence-corrected chi connectivity index (χ3v) is 6.29. The molecule has 0 saturated carbocycles. The number of amides is 5. The van der Waals surface area contributed by atoms with Gasteiger partial charge in [-0.05, 0) is 37.8 Å². The van der Waals surface area contributed by atoms with Crippen LogP contribution in [0.15, 0.2) is 24.3 Å². The van der Waals surface area contributed by atoms with Crippen LogP contribution in [0.5, 0.6) is 0 Å². The van der Waals surface area contributed by atoms with Gasteiger partial charge in [0.2, 0.25) is 11.8 Å². The van der Waals surface area contributed by atoms with Gasteiger partial charge < -0.3 is 14.9 Å². The van der Waals surface area contributed by atoms with Crippen LogP contribution in [0, 0.1) is 0 Å². The molecule has 1 atom stereocenters. The standard InChI is InChI=1S/C21H26N4O5/c26-14-13-23-10-3-8-21(19(23)29)9-4-11-25(21)18(28)15-5-1-2-6-16(15)24-12-7-17(27)22-20(24)30/h1-2,5-6,26H,3-4,7-14H2,(H,22,27,30). The summed E-state index contributed by atoms with van der Waals surface area (Å²) in [7, 11) is 0. The molecule has 0 bridgehead atoms. The molecule has 1 spiro atoms. The number of benzene rings is 1. The predicted octanol–water partition coefficient (Wildman–Crippen LogP) is 0.722. The molecule has 1 aromatic rings. The molecule has 0 aliphatic carbocycles. The number of nitrogens with zero attached hydrogens (tertiary/aromatic N) is 3. The summed E-state index contributed by atoms with van der Waals surface area (Å²) in [6, 6.07) is 6.26. The lowest BCUT2D eigenvalue weighted by molar-refractivity contribution is -0.146. The number of aliphatic hydroxyl groups is 1. The Labute approximate surface area is 174 Å². The van der Waals surface area contributed by atoms with Crippen molar-refractivity contribution < 1.29 is 24.3 Å². The van der Waals surface area contributed by atoms with Crippen LogP contribution >= 0.6 is 0 Å². The molecule has 3 aliphatic heterocycles. The molecule has 5 amide bonds. The largest absolute Gasteiger partial charge is 0.395 e. The first-order valence-corrected chi connectivity index (χ1v) is 10.4. The molecular formula is C21H26N4O5. The fraction of sp³-hybridized carbons (Fsp3) is 0.524. The molecule has 160 valence electrons. The van der Waals surface area contributed by atoms with E-state index in [1.807, 2.05) is 0 Å². The number of aliphatic hydroxyl groups excluding tert-OH is 1. The number of piperidine rings is 1. The average molecular weight is 414 g/mol. The fourth-order valence-electron chi connectivity index (χ4n) is 4.89. The monoisotopic (exact) mass is 414 g/mol. The van der Waals surface area contributed by atoms with Crippen LogP contribution in [0.2, 0.25) is 0 Å². The summed E-state index contributed by atoms with van der Waals surface area (Å²) in [5, 5.41) is 11.6. The van der Waals surface area contributed by atoms with Crippen molar-refractivity contribution in [3.63, 3.8) is 0 Å². The summed E-state index contributed by atoms with van der Waals surface area (Å²) in [4.78, 5) is 55.5. The molecule has 3 fully saturated rings. The van der Waals surface area contributed by atoms with Gasteiger partial charge in [0.15, 0.2) is 0 Å². The van der Waals surface area contributed by atoms with E-state index in [0.717, 1.165) is 12.8 Å². The van der Waals surface area contributed by atoms with E-state index in [0.29, 0.717) is 37.2 Å². The molecule has 0 radical (unpaired) electrons. The number of anilines is 1. The van der Waals surface area contributed by atoms with Gasteiger partial charge in [-0.2, -0.15) is 0 Å². The Morgan fingerprint density at radius 1 is 1.07 bits per heavy atom. The molecule has 0 aromatic heterocycles. The van der Waals surface area contributed by atoms with E-state index < -0.39 is 11.6 Å². The number of para-hydroxylation sites is 1. The molecule has 3 saturated heterocycles. The van der Waals surface area contributed by atoms with Gasteiger partial charge in [-0.15, -0.1) is 0 Å². The third-order valence-electron chi connectivity index (χ3n) is 6.29.